The number of nitro benzene ring substituents is 1. The standard InChI is InChI=1S/C16H13ClN2O3/c17-13-3-1-2-11(8-13)10-18-15-6-5-14(19(21)22)9-12(15)4-7-16(18)20/h1-3,5-6,8-9H,4,7,10H2. The largest absolute Gasteiger partial charge is 0.308 e. The van der Waals surface area contributed by atoms with Crippen molar-refractivity contribution in [3.05, 3.63) is 68.7 Å². The number of rotatable bonds is 3. The molecule has 5 nitrogen and oxygen atoms in total. The molecule has 112 valence electrons. The van der Waals surface area contributed by atoms with Crippen molar-refractivity contribution < 1.29 is 9.72 Å². The minimum atomic E-state index is -0.419. The zero-order chi connectivity index (χ0) is 15.7. The third kappa shape index (κ3) is 2.80. The summed E-state index contributed by atoms with van der Waals surface area (Å²) in [5.41, 5.74) is 2.54. The number of aryl methyl sites for hydroxylation is 1. The number of hydrogen-bond donors (Lipinski definition) is 0. The molecule has 0 saturated heterocycles. The highest BCUT2D eigenvalue weighted by Gasteiger charge is 2.25. The zero-order valence-electron chi connectivity index (χ0n) is 11.7. The van der Waals surface area contributed by atoms with Crippen molar-refractivity contribution in [3.63, 3.8) is 0 Å². The number of nitro groups is 1. The van der Waals surface area contributed by atoms with Gasteiger partial charge >= 0.3 is 0 Å². The summed E-state index contributed by atoms with van der Waals surface area (Å²) >= 11 is 5.98. The summed E-state index contributed by atoms with van der Waals surface area (Å²) in [5.74, 6) is 0.0151. The van der Waals surface area contributed by atoms with Gasteiger partial charge in [0.25, 0.3) is 5.69 Å². The van der Waals surface area contributed by atoms with Crippen LogP contribution >= 0.6 is 11.6 Å². The van der Waals surface area contributed by atoms with Crippen LogP contribution in [0.25, 0.3) is 0 Å². The van der Waals surface area contributed by atoms with Gasteiger partial charge in [0.2, 0.25) is 5.91 Å². The summed E-state index contributed by atoms with van der Waals surface area (Å²) < 4.78 is 0. The van der Waals surface area contributed by atoms with Crippen molar-refractivity contribution in [2.24, 2.45) is 0 Å². The maximum Gasteiger partial charge on any atom is 0.269 e. The number of nitrogens with zero attached hydrogens (tertiary/aromatic N) is 2. The van der Waals surface area contributed by atoms with Gasteiger partial charge in [-0.05, 0) is 35.7 Å². The molecule has 0 N–H and O–H groups in total. The van der Waals surface area contributed by atoms with Crippen LogP contribution in [0.5, 0.6) is 0 Å². The zero-order valence-corrected chi connectivity index (χ0v) is 12.4. The molecule has 2 aromatic carbocycles. The summed E-state index contributed by atoms with van der Waals surface area (Å²) in [5, 5.41) is 11.5. The van der Waals surface area contributed by atoms with Gasteiger partial charge in [0.1, 0.15) is 0 Å². The van der Waals surface area contributed by atoms with E-state index in [9.17, 15) is 14.9 Å². The van der Waals surface area contributed by atoms with Crippen molar-refractivity contribution in [3.8, 4) is 0 Å². The van der Waals surface area contributed by atoms with Gasteiger partial charge < -0.3 is 4.90 Å². The van der Waals surface area contributed by atoms with Crippen LogP contribution in [0.1, 0.15) is 17.5 Å². The molecule has 0 bridgehead atoms. The van der Waals surface area contributed by atoms with Crippen LogP contribution in [0, 0.1) is 10.1 Å². The molecule has 1 aliphatic rings. The first-order valence-corrected chi connectivity index (χ1v) is 7.24. The molecule has 0 aromatic heterocycles. The molecule has 6 heteroatoms. The van der Waals surface area contributed by atoms with Crippen LogP contribution in [0.3, 0.4) is 0 Å². The number of fused-ring (bicyclic) bond motifs is 1. The van der Waals surface area contributed by atoms with Crippen molar-refractivity contribution >= 4 is 28.9 Å². The van der Waals surface area contributed by atoms with E-state index in [0.717, 1.165) is 16.8 Å². The highest BCUT2D eigenvalue weighted by molar-refractivity contribution is 6.30. The Morgan fingerprint density at radius 3 is 2.73 bits per heavy atom. The van der Waals surface area contributed by atoms with Crippen molar-refractivity contribution in [2.45, 2.75) is 19.4 Å². The van der Waals surface area contributed by atoms with Gasteiger partial charge in [-0.15, -0.1) is 0 Å². The normalized spacial score (nSPS) is 13.9. The molecule has 3 rings (SSSR count). The van der Waals surface area contributed by atoms with E-state index < -0.39 is 4.92 Å². The van der Waals surface area contributed by atoms with Crippen LogP contribution in [0.4, 0.5) is 11.4 Å². The van der Waals surface area contributed by atoms with E-state index in [1.807, 2.05) is 18.2 Å². The first-order valence-electron chi connectivity index (χ1n) is 6.87. The number of halogens is 1. The van der Waals surface area contributed by atoms with E-state index in [-0.39, 0.29) is 11.6 Å². The average Bonchev–Trinajstić information content (AvgIpc) is 2.49. The minimum Gasteiger partial charge on any atom is -0.308 e. The fourth-order valence-corrected chi connectivity index (χ4v) is 2.86. The first-order chi connectivity index (χ1) is 10.5. The van der Waals surface area contributed by atoms with Gasteiger partial charge in [-0.25, -0.2) is 0 Å². The Labute approximate surface area is 132 Å². The maximum atomic E-state index is 12.2. The van der Waals surface area contributed by atoms with Crippen molar-refractivity contribution in [2.75, 3.05) is 4.90 Å². The monoisotopic (exact) mass is 316 g/mol. The summed E-state index contributed by atoms with van der Waals surface area (Å²) in [7, 11) is 0. The Bertz CT molecular complexity index is 761. The Kier molecular flexibility index (Phi) is 3.81. The van der Waals surface area contributed by atoms with Gasteiger partial charge in [0.05, 0.1) is 11.5 Å². The average molecular weight is 317 g/mol. The van der Waals surface area contributed by atoms with E-state index in [1.165, 1.54) is 6.07 Å². The number of non-ortho nitro benzene ring substituents is 1. The third-order valence-electron chi connectivity index (χ3n) is 3.70. The molecule has 0 atom stereocenters. The second kappa shape index (κ2) is 5.77. The molecule has 2 aromatic rings. The minimum absolute atomic E-state index is 0.0151. The Hall–Kier alpha value is -2.40. The molecule has 1 heterocycles. The molecule has 0 aliphatic carbocycles. The molecule has 0 spiro atoms. The number of carbonyl (C=O) groups is 1. The fourth-order valence-electron chi connectivity index (χ4n) is 2.65. The van der Waals surface area contributed by atoms with E-state index >= 15 is 0 Å². The van der Waals surface area contributed by atoms with Crippen LogP contribution in [0.15, 0.2) is 42.5 Å². The van der Waals surface area contributed by atoms with Crippen LogP contribution in [-0.2, 0) is 17.8 Å². The second-order valence-electron chi connectivity index (χ2n) is 5.18. The third-order valence-corrected chi connectivity index (χ3v) is 3.94. The molecule has 0 unspecified atom stereocenters. The van der Waals surface area contributed by atoms with Crippen molar-refractivity contribution in [1.82, 2.24) is 0 Å². The number of amides is 1. The van der Waals surface area contributed by atoms with Gasteiger partial charge in [0, 0.05) is 29.3 Å². The lowest BCUT2D eigenvalue weighted by atomic mass is 9.99. The number of anilines is 1. The smallest absolute Gasteiger partial charge is 0.269 e. The molecular formula is C16H13ClN2O3. The summed E-state index contributed by atoms with van der Waals surface area (Å²) in [6, 6.07) is 12.0. The van der Waals surface area contributed by atoms with Gasteiger partial charge in [-0.1, -0.05) is 23.7 Å². The Balaban J connectivity index is 1.95. The summed E-state index contributed by atoms with van der Waals surface area (Å²) in [6.07, 6.45) is 0.886. The van der Waals surface area contributed by atoms with E-state index in [0.29, 0.717) is 24.4 Å². The first kappa shape index (κ1) is 14.5. The summed E-state index contributed by atoms with van der Waals surface area (Å²) in [4.78, 5) is 24.3. The fraction of sp³-hybridized carbons (Fsp3) is 0.188. The lowest BCUT2D eigenvalue weighted by Gasteiger charge is -2.29. The van der Waals surface area contributed by atoms with E-state index in [1.54, 1.807) is 23.1 Å². The maximum absolute atomic E-state index is 12.2. The predicted molar refractivity (Wildman–Crippen MR) is 84.1 cm³/mol. The molecule has 22 heavy (non-hydrogen) atoms. The molecule has 1 aliphatic heterocycles. The van der Waals surface area contributed by atoms with Crippen molar-refractivity contribution in [1.29, 1.82) is 0 Å². The van der Waals surface area contributed by atoms with Crippen LogP contribution in [0.2, 0.25) is 5.02 Å². The van der Waals surface area contributed by atoms with Gasteiger partial charge in [-0.2, -0.15) is 0 Å². The summed E-state index contributed by atoms with van der Waals surface area (Å²) in [6.45, 7) is 0.407. The van der Waals surface area contributed by atoms with Gasteiger partial charge in [-0.3, -0.25) is 14.9 Å². The van der Waals surface area contributed by atoms with Gasteiger partial charge in [0.15, 0.2) is 0 Å². The SMILES string of the molecule is O=C1CCc2cc([N+](=O)[O-])ccc2N1Cc1cccc(Cl)c1. The molecule has 0 saturated carbocycles. The Morgan fingerprint density at radius 2 is 2.00 bits per heavy atom. The second-order valence-corrected chi connectivity index (χ2v) is 5.62. The molecular weight excluding hydrogens is 304 g/mol. The lowest BCUT2D eigenvalue weighted by molar-refractivity contribution is -0.384. The topological polar surface area (TPSA) is 63.4 Å². The Morgan fingerprint density at radius 1 is 1.18 bits per heavy atom. The van der Waals surface area contributed by atoms with E-state index in [4.69, 9.17) is 11.6 Å². The van der Waals surface area contributed by atoms with Crippen LogP contribution in [-0.4, -0.2) is 10.8 Å². The van der Waals surface area contributed by atoms with E-state index in [2.05, 4.69) is 0 Å². The molecule has 0 radical (unpaired) electrons. The lowest BCUT2D eigenvalue weighted by Crippen LogP contribution is -2.34. The highest BCUT2D eigenvalue weighted by Crippen LogP contribution is 2.32. The number of benzene rings is 2. The quantitative estimate of drug-likeness (QED) is 0.640. The molecule has 0 fully saturated rings. The molecule has 1 amide bonds. The number of carbonyl (C=O) groups excluding carboxylic acids is 1. The van der Waals surface area contributed by atoms with Crippen LogP contribution < -0.4 is 4.90 Å². The predicted octanol–water partition coefficient (Wildman–Crippen LogP) is 3.73. The number of hydrogen-bond acceptors (Lipinski definition) is 3. The highest BCUT2D eigenvalue weighted by atomic mass is 35.5.